The van der Waals surface area contributed by atoms with Crippen LogP contribution >= 0.6 is 0 Å². The van der Waals surface area contributed by atoms with Gasteiger partial charge in [0.1, 0.15) is 17.7 Å². The van der Waals surface area contributed by atoms with Crippen LogP contribution in [0.15, 0.2) is 12.5 Å². The minimum Gasteiger partial charge on any atom is -0.444 e. The Bertz CT molecular complexity index is 728. The fourth-order valence-electron chi connectivity index (χ4n) is 2.91. The second-order valence-corrected chi connectivity index (χ2v) is 7.11. The van der Waals surface area contributed by atoms with Crippen molar-refractivity contribution in [1.29, 1.82) is 0 Å². The lowest BCUT2D eigenvalue weighted by atomic mass is 10.1. The van der Waals surface area contributed by atoms with Gasteiger partial charge in [-0.1, -0.05) is 0 Å². The van der Waals surface area contributed by atoms with E-state index in [1.165, 1.54) is 0 Å². The molecule has 1 amide bonds. The van der Waals surface area contributed by atoms with Gasteiger partial charge in [-0.15, -0.1) is 0 Å². The number of rotatable bonds is 2. The lowest BCUT2D eigenvalue weighted by Gasteiger charge is -2.33. The Balaban J connectivity index is 1.62. The predicted octanol–water partition coefficient (Wildman–Crippen LogP) is 1.86. The lowest BCUT2D eigenvalue weighted by molar-refractivity contribution is 0.0497. The van der Waals surface area contributed by atoms with Gasteiger partial charge in [0.15, 0.2) is 5.65 Å². The zero-order valence-electron chi connectivity index (χ0n) is 14.6. The van der Waals surface area contributed by atoms with Gasteiger partial charge in [0.2, 0.25) is 0 Å². The summed E-state index contributed by atoms with van der Waals surface area (Å²) >= 11 is 0. The Labute approximate surface area is 141 Å². The molecule has 0 aromatic carbocycles. The number of anilines is 1. The monoisotopic (exact) mass is 332 g/mol. The van der Waals surface area contributed by atoms with Gasteiger partial charge >= 0.3 is 6.09 Å². The van der Waals surface area contributed by atoms with Crippen LogP contribution in [0.2, 0.25) is 0 Å². The van der Waals surface area contributed by atoms with Crippen LogP contribution in [-0.4, -0.2) is 50.6 Å². The molecule has 3 heterocycles. The van der Waals surface area contributed by atoms with Crippen LogP contribution in [0.4, 0.5) is 10.6 Å². The molecule has 24 heavy (non-hydrogen) atoms. The first-order valence-electron chi connectivity index (χ1n) is 8.20. The van der Waals surface area contributed by atoms with Gasteiger partial charge in [0.05, 0.1) is 11.6 Å². The van der Waals surface area contributed by atoms with E-state index < -0.39 is 5.60 Å². The number of amides is 1. The molecule has 0 saturated carbocycles. The van der Waals surface area contributed by atoms with Gasteiger partial charge in [0.25, 0.3) is 0 Å². The zero-order valence-corrected chi connectivity index (χ0v) is 14.6. The first kappa shape index (κ1) is 16.5. The third-order valence-corrected chi connectivity index (χ3v) is 4.02. The molecule has 1 aliphatic rings. The maximum absolute atomic E-state index is 11.9. The van der Waals surface area contributed by atoms with Crippen LogP contribution in [0.25, 0.3) is 11.0 Å². The van der Waals surface area contributed by atoms with E-state index in [-0.39, 0.29) is 12.1 Å². The number of aryl methyl sites for hydroxylation is 1. The minimum absolute atomic E-state index is 0.127. The topological polar surface area (TPSA) is 85.2 Å². The highest BCUT2D eigenvalue weighted by atomic mass is 16.6. The number of hydrogen-bond acceptors (Lipinski definition) is 6. The quantitative estimate of drug-likeness (QED) is 0.903. The fourth-order valence-corrected chi connectivity index (χ4v) is 2.91. The predicted molar refractivity (Wildman–Crippen MR) is 90.9 cm³/mol. The van der Waals surface area contributed by atoms with Crippen molar-refractivity contribution in [2.24, 2.45) is 7.05 Å². The number of piperidine rings is 1. The molecule has 0 atom stereocenters. The van der Waals surface area contributed by atoms with E-state index in [1.807, 2.05) is 27.8 Å². The molecule has 3 rings (SSSR count). The number of hydrogen-bond donors (Lipinski definition) is 1. The Morgan fingerprint density at radius 2 is 2.00 bits per heavy atom. The summed E-state index contributed by atoms with van der Waals surface area (Å²) in [6.45, 7) is 7.24. The molecule has 1 saturated heterocycles. The smallest absolute Gasteiger partial charge is 0.407 e. The molecule has 2 aromatic rings. The zero-order chi connectivity index (χ0) is 17.3. The Morgan fingerprint density at radius 1 is 1.29 bits per heavy atom. The Morgan fingerprint density at radius 3 is 2.67 bits per heavy atom. The number of nitrogens with one attached hydrogen (secondary N) is 1. The maximum Gasteiger partial charge on any atom is 0.407 e. The second kappa shape index (κ2) is 6.26. The number of carbonyl (C=O) groups is 1. The molecule has 0 spiro atoms. The summed E-state index contributed by atoms with van der Waals surface area (Å²) in [6.07, 6.45) is 4.73. The van der Waals surface area contributed by atoms with E-state index in [1.54, 1.807) is 17.2 Å². The second-order valence-electron chi connectivity index (χ2n) is 7.11. The van der Waals surface area contributed by atoms with Crippen LogP contribution in [0.1, 0.15) is 33.6 Å². The van der Waals surface area contributed by atoms with Gasteiger partial charge in [-0.25, -0.2) is 14.8 Å². The highest BCUT2D eigenvalue weighted by Gasteiger charge is 2.25. The van der Waals surface area contributed by atoms with E-state index in [4.69, 9.17) is 4.74 Å². The average molecular weight is 332 g/mol. The largest absolute Gasteiger partial charge is 0.444 e. The SMILES string of the molecule is Cn1ncc2c(N3CCC(NC(=O)OC(C)(C)C)CC3)ncnc21. The molecule has 2 aromatic heterocycles. The molecule has 1 N–H and O–H groups in total. The molecule has 8 heteroatoms. The minimum atomic E-state index is -0.475. The van der Waals surface area contributed by atoms with Gasteiger partial charge in [0, 0.05) is 26.2 Å². The summed E-state index contributed by atoms with van der Waals surface area (Å²) in [6, 6.07) is 0.127. The van der Waals surface area contributed by atoms with Crippen molar-refractivity contribution in [2.75, 3.05) is 18.0 Å². The molecule has 1 fully saturated rings. The number of aromatic nitrogens is 4. The normalized spacial score (nSPS) is 16.4. The summed E-state index contributed by atoms with van der Waals surface area (Å²) in [4.78, 5) is 22.8. The third-order valence-electron chi connectivity index (χ3n) is 4.02. The van der Waals surface area contributed by atoms with Crippen molar-refractivity contribution >= 4 is 22.9 Å². The van der Waals surface area contributed by atoms with Crippen molar-refractivity contribution in [3.05, 3.63) is 12.5 Å². The van der Waals surface area contributed by atoms with Crippen molar-refractivity contribution in [2.45, 2.75) is 45.3 Å². The maximum atomic E-state index is 11.9. The van der Waals surface area contributed by atoms with Crippen molar-refractivity contribution in [3.8, 4) is 0 Å². The van der Waals surface area contributed by atoms with Crippen LogP contribution in [0.3, 0.4) is 0 Å². The summed E-state index contributed by atoms with van der Waals surface area (Å²) in [7, 11) is 1.87. The van der Waals surface area contributed by atoms with E-state index >= 15 is 0 Å². The van der Waals surface area contributed by atoms with Crippen molar-refractivity contribution in [1.82, 2.24) is 25.1 Å². The first-order valence-corrected chi connectivity index (χ1v) is 8.20. The number of ether oxygens (including phenoxy) is 1. The molecule has 8 nitrogen and oxygen atoms in total. The van der Waals surface area contributed by atoms with Gasteiger partial charge in [-0.2, -0.15) is 5.10 Å². The van der Waals surface area contributed by atoms with Crippen LogP contribution in [0.5, 0.6) is 0 Å². The third kappa shape index (κ3) is 3.58. The number of carbonyl (C=O) groups excluding carboxylic acids is 1. The number of fused-ring (bicyclic) bond motifs is 1. The summed E-state index contributed by atoms with van der Waals surface area (Å²) in [5, 5.41) is 8.16. The van der Waals surface area contributed by atoms with Crippen molar-refractivity contribution in [3.63, 3.8) is 0 Å². The van der Waals surface area contributed by atoms with Crippen LogP contribution < -0.4 is 10.2 Å². The van der Waals surface area contributed by atoms with E-state index in [9.17, 15) is 4.79 Å². The van der Waals surface area contributed by atoms with E-state index in [0.717, 1.165) is 42.8 Å². The Kier molecular flexibility index (Phi) is 4.29. The van der Waals surface area contributed by atoms with Gasteiger partial charge < -0.3 is 15.0 Å². The fraction of sp³-hybridized carbons (Fsp3) is 0.625. The highest BCUT2D eigenvalue weighted by Crippen LogP contribution is 2.25. The van der Waals surface area contributed by atoms with Crippen molar-refractivity contribution < 1.29 is 9.53 Å². The van der Waals surface area contributed by atoms with Gasteiger partial charge in [-0.3, -0.25) is 4.68 Å². The average Bonchev–Trinajstić information content (AvgIpc) is 2.88. The molecule has 0 aliphatic carbocycles. The lowest BCUT2D eigenvalue weighted by Crippen LogP contribution is -2.46. The molecular formula is C16H24N6O2. The molecule has 0 bridgehead atoms. The number of nitrogens with zero attached hydrogens (tertiary/aromatic N) is 5. The summed E-state index contributed by atoms with van der Waals surface area (Å²) in [5.41, 5.74) is 0.353. The summed E-state index contributed by atoms with van der Waals surface area (Å²) in [5.74, 6) is 0.906. The first-order chi connectivity index (χ1) is 11.3. The van der Waals surface area contributed by atoms with Crippen LogP contribution in [0, 0.1) is 0 Å². The molecule has 1 aliphatic heterocycles. The Hall–Kier alpha value is -2.38. The highest BCUT2D eigenvalue weighted by molar-refractivity contribution is 5.86. The standard InChI is InChI=1S/C16H24N6O2/c1-16(2,3)24-15(23)20-11-5-7-22(8-6-11)14-12-9-19-21(4)13(12)17-10-18-14/h9-11H,5-8H2,1-4H3,(H,20,23). The molecular weight excluding hydrogens is 308 g/mol. The molecule has 130 valence electrons. The molecule has 0 radical (unpaired) electrons. The van der Waals surface area contributed by atoms with E-state index in [0.29, 0.717) is 0 Å². The van der Waals surface area contributed by atoms with Crippen LogP contribution in [-0.2, 0) is 11.8 Å². The van der Waals surface area contributed by atoms with Gasteiger partial charge in [-0.05, 0) is 33.6 Å². The number of alkyl carbamates (subject to hydrolysis) is 1. The molecule has 0 unspecified atom stereocenters. The summed E-state index contributed by atoms with van der Waals surface area (Å²) < 4.78 is 7.06. The van der Waals surface area contributed by atoms with E-state index in [2.05, 4.69) is 25.3 Å².